The number of nitrogens with zero attached hydrogens (tertiary/aromatic N) is 4. The molecule has 1 saturated heterocycles. The first kappa shape index (κ1) is 19.2. The van der Waals surface area contributed by atoms with E-state index in [2.05, 4.69) is 24.0 Å². The van der Waals surface area contributed by atoms with Crippen molar-refractivity contribution >= 4 is 10.0 Å². The van der Waals surface area contributed by atoms with Crippen molar-refractivity contribution in [3.8, 4) is 11.5 Å². The molecule has 1 aromatic heterocycles. The number of fused-ring (bicyclic) bond motifs is 1. The molecule has 1 aromatic carbocycles. The third kappa shape index (κ3) is 3.60. The monoisotopic (exact) mass is 406 g/mol. The number of aromatic nitrogens is 3. The van der Waals surface area contributed by atoms with Crippen molar-refractivity contribution < 1.29 is 17.9 Å². The Hall–Kier alpha value is -2.13. The number of benzene rings is 1. The van der Waals surface area contributed by atoms with Crippen LogP contribution in [0.1, 0.15) is 50.9 Å². The summed E-state index contributed by atoms with van der Waals surface area (Å²) in [6.07, 6.45) is 4.19. The van der Waals surface area contributed by atoms with E-state index in [0.717, 1.165) is 25.1 Å². The first-order valence-electron chi connectivity index (χ1n) is 9.76. The van der Waals surface area contributed by atoms with Gasteiger partial charge in [-0.1, -0.05) is 0 Å². The summed E-state index contributed by atoms with van der Waals surface area (Å²) in [5, 5.41) is 8.31. The van der Waals surface area contributed by atoms with Crippen LogP contribution in [0, 0.1) is 0 Å². The van der Waals surface area contributed by atoms with Crippen LogP contribution < -0.4 is 9.47 Å². The van der Waals surface area contributed by atoms with E-state index in [1.165, 1.54) is 0 Å². The average molecular weight is 407 g/mol. The number of sulfonamides is 1. The Morgan fingerprint density at radius 1 is 1.14 bits per heavy atom. The summed E-state index contributed by atoms with van der Waals surface area (Å²) in [5.74, 6) is 1.98. The molecule has 2 aromatic rings. The molecule has 0 unspecified atom stereocenters. The van der Waals surface area contributed by atoms with Gasteiger partial charge in [0.15, 0.2) is 11.5 Å². The summed E-state index contributed by atoms with van der Waals surface area (Å²) in [7, 11) is -3.62. The lowest BCUT2D eigenvalue weighted by atomic mass is 9.98. The van der Waals surface area contributed by atoms with Crippen molar-refractivity contribution in [3.63, 3.8) is 0 Å². The molecule has 1 atom stereocenters. The molecule has 0 aliphatic carbocycles. The smallest absolute Gasteiger partial charge is 0.243 e. The Balaban J connectivity index is 1.59. The zero-order chi connectivity index (χ0) is 19.7. The van der Waals surface area contributed by atoms with Crippen molar-refractivity contribution in [1.82, 2.24) is 19.1 Å². The van der Waals surface area contributed by atoms with Gasteiger partial charge in [-0.3, -0.25) is 0 Å². The molecule has 152 valence electrons. The largest absolute Gasteiger partial charge is 0.490 e. The zero-order valence-corrected chi connectivity index (χ0v) is 17.1. The van der Waals surface area contributed by atoms with Gasteiger partial charge in [0.1, 0.15) is 12.2 Å². The second kappa shape index (κ2) is 7.71. The van der Waals surface area contributed by atoms with Gasteiger partial charge < -0.3 is 14.0 Å². The molecule has 0 amide bonds. The molecule has 28 heavy (non-hydrogen) atoms. The van der Waals surface area contributed by atoms with Crippen LogP contribution in [0.5, 0.6) is 11.5 Å². The van der Waals surface area contributed by atoms with Crippen LogP contribution in [0.2, 0.25) is 0 Å². The molecule has 4 rings (SSSR count). The van der Waals surface area contributed by atoms with Gasteiger partial charge in [-0.2, -0.15) is 4.31 Å². The average Bonchev–Trinajstić information content (AvgIpc) is 3.07. The maximum atomic E-state index is 13.3. The Bertz CT molecular complexity index is 941. The lowest BCUT2D eigenvalue weighted by molar-refractivity contribution is 0.296. The van der Waals surface area contributed by atoms with Crippen molar-refractivity contribution in [2.45, 2.75) is 50.0 Å². The molecule has 0 radical (unpaired) electrons. The maximum Gasteiger partial charge on any atom is 0.243 e. The maximum absolute atomic E-state index is 13.3. The van der Waals surface area contributed by atoms with Gasteiger partial charge in [-0.05, 0) is 38.8 Å². The van der Waals surface area contributed by atoms with E-state index < -0.39 is 10.0 Å². The molecule has 9 heteroatoms. The summed E-state index contributed by atoms with van der Waals surface area (Å²) in [6, 6.07) is 5.10. The fourth-order valence-corrected chi connectivity index (χ4v) is 5.31. The molecule has 0 spiro atoms. The van der Waals surface area contributed by atoms with Crippen LogP contribution in [-0.2, 0) is 10.0 Å². The van der Waals surface area contributed by atoms with Gasteiger partial charge in [0, 0.05) is 37.5 Å². The Kier molecular flexibility index (Phi) is 5.29. The van der Waals surface area contributed by atoms with Gasteiger partial charge in [-0.25, -0.2) is 8.42 Å². The zero-order valence-electron chi connectivity index (χ0n) is 16.2. The topological polar surface area (TPSA) is 86.6 Å². The summed E-state index contributed by atoms with van der Waals surface area (Å²) in [5.41, 5.74) is 0. The molecule has 2 aliphatic heterocycles. The quantitative estimate of drug-likeness (QED) is 0.776. The number of rotatable bonds is 4. The molecular formula is C19H26N4O4S. The molecule has 0 bridgehead atoms. The molecule has 1 fully saturated rings. The van der Waals surface area contributed by atoms with Crippen LogP contribution in [0.25, 0.3) is 0 Å². The summed E-state index contributed by atoms with van der Waals surface area (Å²) in [4.78, 5) is 0.239. The molecule has 3 heterocycles. The van der Waals surface area contributed by atoms with Gasteiger partial charge >= 0.3 is 0 Å². The van der Waals surface area contributed by atoms with Crippen LogP contribution in [0.3, 0.4) is 0 Å². The van der Waals surface area contributed by atoms with E-state index in [1.54, 1.807) is 28.8 Å². The first-order chi connectivity index (χ1) is 13.5. The highest BCUT2D eigenvalue weighted by molar-refractivity contribution is 7.89. The van der Waals surface area contributed by atoms with Crippen molar-refractivity contribution in [2.24, 2.45) is 0 Å². The minimum absolute atomic E-state index is 0.0360. The van der Waals surface area contributed by atoms with Crippen LogP contribution in [0.15, 0.2) is 29.4 Å². The summed E-state index contributed by atoms with van der Waals surface area (Å²) >= 11 is 0. The second-order valence-corrected chi connectivity index (χ2v) is 9.49. The van der Waals surface area contributed by atoms with E-state index in [4.69, 9.17) is 9.47 Å². The van der Waals surface area contributed by atoms with Gasteiger partial charge in [0.25, 0.3) is 0 Å². The number of hydrogen-bond donors (Lipinski definition) is 0. The SMILES string of the molecule is CC(C)n1cnnc1[C@@H]1CCCN(S(=O)(=O)c2ccc3c(c2)OCCCO3)C1. The van der Waals surface area contributed by atoms with Crippen molar-refractivity contribution in [1.29, 1.82) is 0 Å². The Morgan fingerprint density at radius 3 is 2.71 bits per heavy atom. The fourth-order valence-electron chi connectivity index (χ4n) is 3.77. The van der Waals surface area contributed by atoms with E-state index in [0.29, 0.717) is 37.8 Å². The molecule has 8 nitrogen and oxygen atoms in total. The normalized spacial score (nSPS) is 20.9. The highest BCUT2D eigenvalue weighted by atomic mass is 32.2. The van der Waals surface area contributed by atoms with Crippen LogP contribution >= 0.6 is 0 Å². The third-order valence-electron chi connectivity index (χ3n) is 5.26. The van der Waals surface area contributed by atoms with Crippen LogP contribution in [-0.4, -0.2) is 53.8 Å². The standard InChI is InChI=1S/C19H26N4O4S/c1-14(2)23-13-20-21-19(23)15-5-3-8-22(12-15)28(24,25)16-6-7-17-18(11-16)27-10-4-9-26-17/h6-7,11,13-15H,3-5,8-10,12H2,1-2H3/t15-/m1/s1. The van der Waals surface area contributed by atoms with Gasteiger partial charge in [-0.15, -0.1) is 10.2 Å². The number of piperidine rings is 1. The molecular weight excluding hydrogens is 380 g/mol. The van der Waals surface area contributed by atoms with E-state index in [1.807, 2.05) is 4.57 Å². The Morgan fingerprint density at radius 2 is 1.93 bits per heavy atom. The lowest BCUT2D eigenvalue weighted by Gasteiger charge is -2.32. The van der Waals surface area contributed by atoms with Crippen molar-refractivity contribution in [2.75, 3.05) is 26.3 Å². The summed E-state index contributed by atoms with van der Waals surface area (Å²) in [6.45, 7) is 6.14. The van der Waals surface area contributed by atoms with Crippen LogP contribution in [0.4, 0.5) is 0 Å². The number of ether oxygens (including phenoxy) is 2. The van der Waals surface area contributed by atoms with E-state index >= 15 is 0 Å². The lowest BCUT2D eigenvalue weighted by Crippen LogP contribution is -2.39. The van der Waals surface area contributed by atoms with Crippen molar-refractivity contribution in [3.05, 3.63) is 30.4 Å². The van der Waals surface area contributed by atoms with E-state index in [9.17, 15) is 8.42 Å². The predicted molar refractivity (Wildman–Crippen MR) is 103 cm³/mol. The summed E-state index contributed by atoms with van der Waals surface area (Å²) < 4.78 is 41.4. The highest BCUT2D eigenvalue weighted by Crippen LogP contribution is 2.35. The highest BCUT2D eigenvalue weighted by Gasteiger charge is 2.33. The minimum atomic E-state index is -3.62. The number of hydrogen-bond acceptors (Lipinski definition) is 6. The predicted octanol–water partition coefficient (Wildman–Crippen LogP) is 2.59. The second-order valence-electron chi connectivity index (χ2n) is 7.55. The van der Waals surface area contributed by atoms with E-state index in [-0.39, 0.29) is 16.9 Å². The van der Waals surface area contributed by atoms with Gasteiger partial charge in [0.05, 0.1) is 18.1 Å². The minimum Gasteiger partial charge on any atom is -0.490 e. The molecule has 2 aliphatic rings. The van der Waals surface area contributed by atoms with Gasteiger partial charge in [0.2, 0.25) is 10.0 Å². The Labute approximate surface area is 165 Å². The molecule has 0 saturated carbocycles. The fraction of sp³-hybridized carbons (Fsp3) is 0.579. The molecule has 0 N–H and O–H groups in total. The first-order valence-corrected chi connectivity index (χ1v) is 11.2. The third-order valence-corrected chi connectivity index (χ3v) is 7.12.